The van der Waals surface area contributed by atoms with E-state index in [-0.39, 0.29) is 12.3 Å². The van der Waals surface area contributed by atoms with Crippen molar-refractivity contribution in [3.8, 4) is 0 Å². The van der Waals surface area contributed by atoms with Gasteiger partial charge in [-0.2, -0.15) is 0 Å². The SMILES string of the molecule is CC(C)CC(=O)C1CC1.CC(C)CC(=O)CC1CC1.CC(C)CC(=O)O. The molecule has 4 heteroatoms. The van der Waals surface area contributed by atoms with Crippen LogP contribution in [0.4, 0.5) is 0 Å². The standard InChI is InChI=1S/C9H16O.C8H14O.C5H10O2/c1-7(2)5-9(10)6-8-3-4-8;1-6(2)5-8(9)7-3-4-7;1-4(2)3-5(6)7/h7-8H,3-6H2,1-2H3;6-7H,3-5H2,1-2H3;4H,3H2,1-2H3,(H,6,7). The molecule has 2 fully saturated rings. The summed E-state index contributed by atoms with van der Waals surface area (Å²) >= 11 is 0. The highest BCUT2D eigenvalue weighted by atomic mass is 16.4. The smallest absolute Gasteiger partial charge is 0.303 e. The molecular weight excluding hydrogens is 328 g/mol. The van der Waals surface area contributed by atoms with Gasteiger partial charge in [0, 0.05) is 31.6 Å². The van der Waals surface area contributed by atoms with Gasteiger partial charge in [-0.15, -0.1) is 0 Å². The average Bonchev–Trinajstić information content (AvgIpc) is 3.32. The van der Waals surface area contributed by atoms with Crippen LogP contribution in [0.3, 0.4) is 0 Å². The third-order valence-electron chi connectivity index (χ3n) is 4.07. The van der Waals surface area contributed by atoms with E-state index < -0.39 is 5.97 Å². The number of carbonyl (C=O) groups excluding carboxylic acids is 2. The van der Waals surface area contributed by atoms with E-state index in [1.165, 1.54) is 12.8 Å². The lowest BCUT2D eigenvalue weighted by Gasteiger charge is -2.01. The van der Waals surface area contributed by atoms with Crippen LogP contribution in [0.1, 0.15) is 92.9 Å². The number of aliphatic carboxylic acids is 1. The summed E-state index contributed by atoms with van der Waals surface area (Å²) in [6.07, 6.45) is 7.63. The molecule has 0 aromatic heterocycles. The summed E-state index contributed by atoms with van der Waals surface area (Å²) < 4.78 is 0. The summed E-state index contributed by atoms with van der Waals surface area (Å²) in [6.45, 7) is 12.2. The average molecular weight is 369 g/mol. The Labute approximate surface area is 160 Å². The Bertz CT molecular complexity index is 423. The number of ketones is 2. The molecule has 4 nitrogen and oxygen atoms in total. The third-order valence-corrected chi connectivity index (χ3v) is 4.07. The number of carboxylic acids is 1. The lowest BCUT2D eigenvalue weighted by Crippen LogP contribution is -2.03. The molecular formula is C22H40O4. The van der Waals surface area contributed by atoms with Crippen molar-refractivity contribution in [1.29, 1.82) is 0 Å². The molecule has 0 amide bonds. The van der Waals surface area contributed by atoms with Crippen molar-refractivity contribution in [2.24, 2.45) is 29.6 Å². The van der Waals surface area contributed by atoms with Gasteiger partial charge >= 0.3 is 5.97 Å². The Balaban J connectivity index is 0.000000368. The van der Waals surface area contributed by atoms with Gasteiger partial charge in [0.25, 0.3) is 0 Å². The molecule has 0 heterocycles. The minimum atomic E-state index is -0.713. The topological polar surface area (TPSA) is 71.4 Å². The summed E-state index contributed by atoms with van der Waals surface area (Å²) in [6, 6.07) is 0. The second-order valence-corrected chi connectivity index (χ2v) is 9.11. The molecule has 2 rings (SSSR count). The van der Waals surface area contributed by atoms with E-state index in [0.29, 0.717) is 29.3 Å². The predicted octanol–water partition coefficient (Wildman–Crippen LogP) is 5.53. The molecule has 0 aliphatic heterocycles. The molecule has 0 bridgehead atoms. The molecule has 2 saturated carbocycles. The van der Waals surface area contributed by atoms with E-state index in [2.05, 4.69) is 27.7 Å². The van der Waals surface area contributed by atoms with Crippen molar-refractivity contribution in [3.63, 3.8) is 0 Å². The van der Waals surface area contributed by atoms with Crippen molar-refractivity contribution >= 4 is 17.5 Å². The number of rotatable bonds is 9. The van der Waals surface area contributed by atoms with E-state index in [1.807, 2.05) is 13.8 Å². The van der Waals surface area contributed by atoms with Gasteiger partial charge in [0.1, 0.15) is 11.6 Å². The second-order valence-electron chi connectivity index (χ2n) is 9.11. The normalized spacial score (nSPS) is 15.9. The molecule has 0 atom stereocenters. The Morgan fingerprint density at radius 2 is 1.23 bits per heavy atom. The summed E-state index contributed by atoms with van der Waals surface area (Å²) in [4.78, 5) is 31.9. The molecule has 0 spiro atoms. The Morgan fingerprint density at radius 3 is 1.50 bits per heavy atom. The van der Waals surface area contributed by atoms with Crippen LogP contribution in [0, 0.1) is 29.6 Å². The first-order valence-corrected chi connectivity index (χ1v) is 10.3. The summed E-state index contributed by atoms with van der Waals surface area (Å²) in [7, 11) is 0. The first-order valence-electron chi connectivity index (χ1n) is 10.3. The van der Waals surface area contributed by atoms with Gasteiger partial charge in [-0.05, 0) is 49.4 Å². The van der Waals surface area contributed by atoms with Crippen molar-refractivity contribution in [2.75, 3.05) is 0 Å². The van der Waals surface area contributed by atoms with Crippen molar-refractivity contribution in [2.45, 2.75) is 92.9 Å². The number of hydrogen-bond donors (Lipinski definition) is 1. The maximum atomic E-state index is 11.1. The van der Waals surface area contributed by atoms with Crippen molar-refractivity contribution in [1.82, 2.24) is 0 Å². The fraction of sp³-hybridized carbons (Fsp3) is 0.864. The fourth-order valence-corrected chi connectivity index (χ4v) is 2.51. The minimum Gasteiger partial charge on any atom is -0.481 e. The molecule has 26 heavy (non-hydrogen) atoms. The monoisotopic (exact) mass is 368 g/mol. The highest BCUT2D eigenvalue weighted by Gasteiger charge is 2.29. The number of Topliss-reactive ketones (excluding diaryl/α,β-unsaturated/α-hetero) is 2. The molecule has 0 aromatic rings. The van der Waals surface area contributed by atoms with Crippen molar-refractivity contribution < 1.29 is 19.5 Å². The van der Waals surface area contributed by atoms with E-state index in [1.54, 1.807) is 0 Å². The van der Waals surface area contributed by atoms with Gasteiger partial charge in [0.15, 0.2) is 0 Å². The van der Waals surface area contributed by atoms with E-state index in [4.69, 9.17) is 5.11 Å². The molecule has 2 aliphatic carbocycles. The molecule has 1 N–H and O–H groups in total. The van der Waals surface area contributed by atoms with Crippen molar-refractivity contribution in [3.05, 3.63) is 0 Å². The maximum absolute atomic E-state index is 11.1. The molecule has 0 unspecified atom stereocenters. The van der Waals surface area contributed by atoms with Crippen LogP contribution in [-0.2, 0) is 14.4 Å². The highest BCUT2D eigenvalue weighted by Crippen LogP contribution is 2.33. The van der Waals surface area contributed by atoms with E-state index >= 15 is 0 Å². The van der Waals surface area contributed by atoms with Crippen LogP contribution >= 0.6 is 0 Å². The molecule has 0 aromatic carbocycles. The summed E-state index contributed by atoms with van der Waals surface area (Å²) in [5.74, 6) is 2.86. The maximum Gasteiger partial charge on any atom is 0.303 e. The van der Waals surface area contributed by atoms with Crippen LogP contribution in [0.5, 0.6) is 0 Å². The molecule has 2 aliphatic rings. The van der Waals surface area contributed by atoms with Crippen LogP contribution in [0.2, 0.25) is 0 Å². The molecule has 0 radical (unpaired) electrons. The van der Waals surface area contributed by atoms with Crippen LogP contribution in [0.15, 0.2) is 0 Å². The van der Waals surface area contributed by atoms with Crippen LogP contribution in [-0.4, -0.2) is 22.6 Å². The van der Waals surface area contributed by atoms with Gasteiger partial charge in [-0.3, -0.25) is 14.4 Å². The zero-order valence-electron chi connectivity index (χ0n) is 17.7. The quantitative estimate of drug-likeness (QED) is 0.581. The molecule has 152 valence electrons. The number of hydrogen-bond acceptors (Lipinski definition) is 3. The van der Waals surface area contributed by atoms with Gasteiger partial charge in [0.05, 0.1) is 0 Å². The third kappa shape index (κ3) is 17.6. The van der Waals surface area contributed by atoms with E-state index in [9.17, 15) is 14.4 Å². The largest absolute Gasteiger partial charge is 0.481 e. The molecule has 0 saturated heterocycles. The predicted molar refractivity (Wildman–Crippen MR) is 106 cm³/mol. The van der Waals surface area contributed by atoms with E-state index in [0.717, 1.165) is 38.0 Å². The van der Waals surface area contributed by atoms with Crippen LogP contribution < -0.4 is 0 Å². The lowest BCUT2D eigenvalue weighted by molar-refractivity contribution is -0.137. The zero-order chi connectivity index (χ0) is 20.3. The highest BCUT2D eigenvalue weighted by molar-refractivity contribution is 5.83. The fourth-order valence-electron chi connectivity index (χ4n) is 2.51. The summed E-state index contributed by atoms with van der Waals surface area (Å²) in [5, 5.41) is 8.08. The summed E-state index contributed by atoms with van der Waals surface area (Å²) in [5.41, 5.74) is 0. The Hall–Kier alpha value is -1.19. The lowest BCUT2D eigenvalue weighted by atomic mass is 10.0. The number of carboxylic acid groups (broad SMARTS) is 1. The second kappa shape index (κ2) is 13.1. The van der Waals surface area contributed by atoms with Crippen LogP contribution in [0.25, 0.3) is 0 Å². The van der Waals surface area contributed by atoms with Gasteiger partial charge in [-0.25, -0.2) is 0 Å². The zero-order valence-corrected chi connectivity index (χ0v) is 17.7. The Morgan fingerprint density at radius 1 is 0.769 bits per heavy atom. The van der Waals surface area contributed by atoms with Gasteiger partial charge < -0.3 is 5.11 Å². The Kier molecular flexibility index (Phi) is 12.5. The minimum absolute atomic E-state index is 0.275. The van der Waals surface area contributed by atoms with Gasteiger partial charge in [-0.1, -0.05) is 41.5 Å². The first-order chi connectivity index (χ1) is 12.0. The first kappa shape index (κ1) is 24.8. The van der Waals surface area contributed by atoms with Gasteiger partial charge in [0.2, 0.25) is 0 Å². The number of carbonyl (C=O) groups is 3.